The Morgan fingerprint density at radius 2 is 1.85 bits per heavy atom. The van der Waals surface area contributed by atoms with Crippen LogP contribution in [0.4, 0.5) is 0 Å². The highest BCUT2D eigenvalue weighted by Crippen LogP contribution is 2.42. The van der Waals surface area contributed by atoms with Gasteiger partial charge in [-0.2, -0.15) is 0 Å². The van der Waals surface area contributed by atoms with Crippen LogP contribution in [0.5, 0.6) is 0 Å². The molecule has 3 unspecified atom stereocenters. The van der Waals surface area contributed by atoms with Crippen molar-refractivity contribution in [1.82, 2.24) is 30.2 Å². The van der Waals surface area contributed by atoms with E-state index in [0.29, 0.717) is 25.8 Å². The monoisotopic (exact) mass is 750 g/mol. The molecule has 2 aromatic carbocycles. The minimum Gasteiger partial charge on any atom is -0.464 e. The summed E-state index contributed by atoms with van der Waals surface area (Å²) in [5.74, 6) is -0.858. The molecule has 0 radical (unpaired) electrons. The summed E-state index contributed by atoms with van der Waals surface area (Å²) in [4.78, 5) is 48.5. The molecule has 0 spiro atoms. The maximum Gasteiger partial charge on any atom is 0.324 e. The number of likely N-dealkylation sites (N-methyl/N-ethyl adjacent to an activating group) is 1. The lowest BCUT2D eigenvalue weighted by Crippen LogP contribution is -2.61. The lowest BCUT2D eigenvalue weighted by atomic mass is 9.84. The number of carbonyl (C=O) groups excluding carboxylic acids is 3. The van der Waals surface area contributed by atoms with Crippen LogP contribution in [0.3, 0.4) is 0 Å². The number of aromatic nitrogens is 2. The molecule has 2 aromatic heterocycles. The molecule has 6 bridgehead atoms. The largest absolute Gasteiger partial charge is 0.464 e. The molecule has 4 atom stereocenters. The molecule has 0 saturated carbocycles. The zero-order valence-electron chi connectivity index (χ0n) is 33.9. The molecule has 2 amide bonds. The van der Waals surface area contributed by atoms with Gasteiger partial charge in [0.1, 0.15) is 12.1 Å². The number of cyclic esters (lactones) is 1. The van der Waals surface area contributed by atoms with E-state index in [-0.39, 0.29) is 36.9 Å². The smallest absolute Gasteiger partial charge is 0.324 e. The van der Waals surface area contributed by atoms with E-state index in [1.54, 1.807) is 7.11 Å². The number of methoxy groups -OCH3 is 1. The Balaban J connectivity index is 1.51. The van der Waals surface area contributed by atoms with Crippen LogP contribution in [0, 0.1) is 11.3 Å². The molecule has 2 N–H and O–H groups in total. The number of carbonyl (C=O) groups is 3. The number of hydrazine groups is 1. The molecule has 1 saturated heterocycles. The Morgan fingerprint density at radius 1 is 1.09 bits per heavy atom. The van der Waals surface area contributed by atoms with Crippen molar-refractivity contribution < 1.29 is 23.9 Å². The Morgan fingerprint density at radius 3 is 2.56 bits per heavy atom. The van der Waals surface area contributed by atoms with Crippen LogP contribution in [0.2, 0.25) is 0 Å². The fraction of sp³-hybridized carbons (Fsp3) is 0.500. The SMILES string of the molecule is CCn1c(-c2cccnc2C(C)OC)c2c3cc(ccc31)-c1cccc(c1)CC(NC(=O)C(C(C)C)N(C)C)C(=O)N1CCC[C@H](N1)C(=O)OCC(C)(C)C2. The van der Waals surface area contributed by atoms with Crippen molar-refractivity contribution in [3.05, 3.63) is 77.6 Å². The van der Waals surface area contributed by atoms with Crippen molar-refractivity contribution >= 4 is 28.7 Å². The third kappa shape index (κ3) is 8.49. The van der Waals surface area contributed by atoms with Crippen molar-refractivity contribution in [3.63, 3.8) is 0 Å². The van der Waals surface area contributed by atoms with Gasteiger partial charge in [0, 0.05) is 54.7 Å². The lowest BCUT2D eigenvalue weighted by molar-refractivity contribution is -0.155. The van der Waals surface area contributed by atoms with Gasteiger partial charge in [0.15, 0.2) is 0 Å². The number of hydrogen-bond acceptors (Lipinski definition) is 8. The van der Waals surface area contributed by atoms with Crippen LogP contribution in [0.25, 0.3) is 33.3 Å². The lowest BCUT2D eigenvalue weighted by Gasteiger charge is -2.36. The zero-order valence-corrected chi connectivity index (χ0v) is 33.9. The number of fused-ring (bicyclic) bond motifs is 6. The fourth-order valence-electron chi connectivity index (χ4n) is 8.38. The number of pyridine rings is 1. The van der Waals surface area contributed by atoms with Crippen LogP contribution < -0.4 is 10.7 Å². The normalized spacial score (nSPS) is 20.3. The summed E-state index contributed by atoms with van der Waals surface area (Å²) in [5.41, 5.74) is 10.9. The van der Waals surface area contributed by atoms with Crippen LogP contribution in [-0.4, -0.2) is 89.7 Å². The summed E-state index contributed by atoms with van der Waals surface area (Å²) < 4.78 is 14.2. The molecule has 55 heavy (non-hydrogen) atoms. The van der Waals surface area contributed by atoms with Gasteiger partial charge < -0.3 is 19.4 Å². The number of nitrogens with zero attached hydrogens (tertiary/aromatic N) is 4. The first-order chi connectivity index (χ1) is 26.2. The number of aryl methyl sites for hydroxylation is 1. The average molecular weight is 751 g/mol. The summed E-state index contributed by atoms with van der Waals surface area (Å²) in [6.45, 7) is 13.8. The highest BCUT2D eigenvalue weighted by atomic mass is 16.5. The standard InChI is InChI=1S/C44H58N6O5/c1-10-49-37-19-18-31-24-33(37)34(40(49)32-16-12-20-45-38(32)28(4)54-9)25-44(5,6)26-55-43(53)35-17-13-21-50(47-35)42(52)36(23-29-14-11-15-30(31)22-29)46-41(51)39(27(2)3)48(7)8/h11-12,14-16,18-20,22,24,27-28,35-36,39,47H,10,13,17,21,23,25-26H2,1-9H3,(H,46,51)/t28?,35-,36?,39?/m0/s1. The van der Waals surface area contributed by atoms with E-state index >= 15 is 0 Å². The highest BCUT2D eigenvalue weighted by Gasteiger charge is 2.36. The van der Waals surface area contributed by atoms with Gasteiger partial charge in [0.05, 0.1) is 30.1 Å². The molecule has 294 valence electrons. The molecule has 2 aliphatic heterocycles. The van der Waals surface area contributed by atoms with E-state index in [2.05, 4.69) is 72.5 Å². The second-order valence-electron chi connectivity index (χ2n) is 16.5. The Bertz CT molecular complexity index is 2030. The molecule has 11 nitrogen and oxygen atoms in total. The van der Waals surface area contributed by atoms with E-state index in [1.807, 2.05) is 64.2 Å². The van der Waals surface area contributed by atoms with Crippen LogP contribution in [0.1, 0.15) is 77.3 Å². The number of rotatable bonds is 8. The first-order valence-electron chi connectivity index (χ1n) is 19.7. The third-order valence-electron chi connectivity index (χ3n) is 11.1. The predicted molar refractivity (Wildman–Crippen MR) is 216 cm³/mol. The first kappa shape index (κ1) is 40.1. The molecular formula is C44H58N6O5. The molecule has 1 fully saturated rings. The minimum absolute atomic E-state index is 0.0279. The van der Waals surface area contributed by atoms with E-state index in [0.717, 1.165) is 56.7 Å². The topological polar surface area (TPSA) is 118 Å². The Labute approximate surface area is 325 Å². The van der Waals surface area contributed by atoms with Gasteiger partial charge in [-0.3, -0.25) is 29.3 Å². The average Bonchev–Trinajstić information content (AvgIpc) is 3.46. The summed E-state index contributed by atoms with van der Waals surface area (Å²) in [7, 11) is 5.45. The molecule has 11 heteroatoms. The Kier molecular flexibility index (Phi) is 12.1. The van der Waals surface area contributed by atoms with Crippen molar-refractivity contribution in [2.75, 3.05) is 34.4 Å². The van der Waals surface area contributed by atoms with Crippen LogP contribution in [0.15, 0.2) is 60.8 Å². The van der Waals surface area contributed by atoms with Gasteiger partial charge in [-0.15, -0.1) is 0 Å². The summed E-state index contributed by atoms with van der Waals surface area (Å²) in [6.07, 6.45) is 3.66. The van der Waals surface area contributed by atoms with Crippen LogP contribution in [-0.2, 0) is 43.2 Å². The molecule has 4 heterocycles. The number of esters is 1. The quantitative estimate of drug-likeness (QED) is 0.201. The van der Waals surface area contributed by atoms with Gasteiger partial charge in [-0.25, -0.2) is 5.43 Å². The van der Waals surface area contributed by atoms with Crippen molar-refractivity contribution in [2.45, 2.75) is 98.0 Å². The van der Waals surface area contributed by atoms with E-state index in [9.17, 15) is 14.4 Å². The van der Waals surface area contributed by atoms with Gasteiger partial charge in [0.25, 0.3) is 5.91 Å². The third-order valence-corrected chi connectivity index (χ3v) is 11.1. The summed E-state index contributed by atoms with van der Waals surface area (Å²) >= 11 is 0. The second-order valence-corrected chi connectivity index (χ2v) is 16.5. The van der Waals surface area contributed by atoms with Gasteiger partial charge in [-0.05, 0) is 99.6 Å². The number of benzene rings is 2. The molecule has 4 aromatic rings. The molecule has 0 aliphatic carbocycles. The van der Waals surface area contributed by atoms with Crippen molar-refractivity contribution in [3.8, 4) is 22.4 Å². The zero-order chi connectivity index (χ0) is 39.6. The van der Waals surface area contributed by atoms with Crippen LogP contribution >= 0.6 is 0 Å². The predicted octanol–water partition coefficient (Wildman–Crippen LogP) is 6.33. The van der Waals surface area contributed by atoms with Gasteiger partial charge in [-0.1, -0.05) is 58.0 Å². The number of nitrogens with one attached hydrogen (secondary N) is 2. The van der Waals surface area contributed by atoms with Crippen molar-refractivity contribution in [1.29, 1.82) is 0 Å². The van der Waals surface area contributed by atoms with E-state index in [1.165, 1.54) is 5.01 Å². The first-order valence-corrected chi connectivity index (χ1v) is 19.7. The number of hydrogen-bond donors (Lipinski definition) is 2. The maximum atomic E-state index is 14.3. The van der Waals surface area contributed by atoms with E-state index in [4.69, 9.17) is 14.5 Å². The number of amides is 2. The number of ether oxygens (including phenoxy) is 2. The molecule has 2 aliphatic rings. The Hall–Kier alpha value is -4.58. The highest BCUT2D eigenvalue weighted by molar-refractivity contribution is 5.95. The maximum absolute atomic E-state index is 14.3. The summed E-state index contributed by atoms with van der Waals surface area (Å²) in [5, 5.41) is 5.73. The van der Waals surface area contributed by atoms with Gasteiger partial charge >= 0.3 is 5.97 Å². The van der Waals surface area contributed by atoms with Crippen molar-refractivity contribution in [2.24, 2.45) is 11.3 Å². The minimum atomic E-state index is -0.859. The molecular weight excluding hydrogens is 693 g/mol. The molecule has 6 rings (SSSR count). The summed E-state index contributed by atoms with van der Waals surface area (Å²) in [6, 6.07) is 17.0. The second kappa shape index (κ2) is 16.6. The van der Waals surface area contributed by atoms with Gasteiger partial charge in [0.2, 0.25) is 5.91 Å². The fourth-order valence-corrected chi connectivity index (χ4v) is 8.38. The van der Waals surface area contributed by atoms with E-state index < -0.39 is 29.5 Å².